The minimum absolute atomic E-state index is 0.100. The summed E-state index contributed by atoms with van der Waals surface area (Å²) < 4.78 is 12.3. The predicted octanol–water partition coefficient (Wildman–Crippen LogP) is 2.49. The maximum absolute atomic E-state index is 12.8. The Kier molecular flexibility index (Phi) is 5.08. The van der Waals surface area contributed by atoms with Crippen molar-refractivity contribution in [1.82, 2.24) is 14.7 Å². The lowest BCUT2D eigenvalue weighted by molar-refractivity contribution is -0.145. The van der Waals surface area contributed by atoms with Crippen molar-refractivity contribution < 1.29 is 13.9 Å². The molecule has 7 nitrogen and oxygen atoms in total. The van der Waals surface area contributed by atoms with Gasteiger partial charge in [-0.05, 0) is 24.6 Å². The molecule has 7 heteroatoms. The predicted molar refractivity (Wildman–Crippen MR) is 103 cm³/mol. The Morgan fingerprint density at radius 1 is 1.07 bits per heavy atom. The molecular formula is C21H21N3O4. The zero-order valence-corrected chi connectivity index (χ0v) is 15.5. The fourth-order valence-electron chi connectivity index (χ4n) is 3.34. The average molecular weight is 379 g/mol. The summed E-state index contributed by atoms with van der Waals surface area (Å²) in [5.41, 5.74) is 1.71. The van der Waals surface area contributed by atoms with Crippen molar-refractivity contribution >= 4 is 5.91 Å². The molecule has 1 aliphatic heterocycles. The van der Waals surface area contributed by atoms with Gasteiger partial charge >= 0.3 is 5.76 Å². The Morgan fingerprint density at radius 3 is 2.46 bits per heavy atom. The molecule has 3 aromatic rings. The molecule has 2 atom stereocenters. The van der Waals surface area contributed by atoms with Gasteiger partial charge in [-0.2, -0.15) is 4.68 Å². The van der Waals surface area contributed by atoms with Crippen LogP contribution in [0.1, 0.15) is 18.6 Å². The van der Waals surface area contributed by atoms with E-state index in [1.807, 2.05) is 55.5 Å². The van der Waals surface area contributed by atoms with E-state index >= 15 is 0 Å². The monoisotopic (exact) mass is 379 g/mol. The van der Waals surface area contributed by atoms with Crippen molar-refractivity contribution in [2.24, 2.45) is 0 Å². The summed E-state index contributed by atoms with van der Waals surface area (Å²) in [6, 6.07) is 18.9. The molecule has 144 valence electrons. The van der Waals surface area contributed by atoms with Gasteiger partial charge in [0.05, 0.1) is 12.6 Å². The van der Waals surface area contributed by atoms with E-state index < -0.39 is 5.76 Å². The fourth-order valence-corrected chi connectivity index (χ4v) is 3.34. The van der Waals surface area contributed by atoms with Gasteiger partial charge in [0, 0.05) is 12.1 Å². The molecule has 2 aromatic carbocycles. The third kappa shape index (κ3) is 3.89. The summed E-state index contributed by atoms with van der Waals surface area (Å²) in [6.07, 6.45) is -0.292. The van der Waals surface area contributed by atoms with Crippen molar-refractivity contribution in [3.05, 3.63) is 76.8 Å². The van der Waals surface area contributed by atoms with Crippen LogP contribution in [0, 0.1) is 0 Å². The fraction of sp³-hybridized carbons (Fsp3) is 0.286. The van der Waals surface area contributed by atoms with Crippen LogP contribution in [0.5, 0.6) is 0 Å². The Labute approximate surface area is 162 Å². The summed E-state index contributed by atoms with van der Waals surface area (Å²) >= 11 is 0. The number of carbonyl (C=O) groups is 1. The van der Waals surface area contributed by atoms with E-state index in [2.05, 4.69) is 5.10 Å². The largest absolute Gasteiger partial charge is 0.437 e. The molecule has 0 unspecified atom stereocenters. The van der Waals surface area contributed by atoms with Crippen LogP contribution in [0.25, 0.3) is 11.5 Å². The summed E-state index contributed by atoms with van der Waals surface area (Å²) in [5, 5.41) is 4.17. The number of amides is 1. The molecule has 0 saturated carbocycles. The van der Waals surface area contributed by atoms with E-state index in [1.165, 1.54) is 0 Å². The summed E-state index contributed by atoms with van der Waals surface area (Å²) in [5.74, 6) is -0.630. The zero-order valence-electron chi connectivity index (χ0n) is 15.5. The minimum Gasteiger partial charge on any atom is -0.388 e. The quantitative estimate of drug-likeness (QED) is 0.696. The molecule has 4 rings (SSSR count). The average Bonchev–Trinajstić information content (AvgIpc) is 3.09. The van der Waals surface area contributed by atoms with Gasteiger partial charge in [-0.1, -0.05) is 48.5 Å². The molecule has 1 amide bonds. The number of rotatable bonds is 4. The van der Waals surface area contributed by atoms with Crippen LogP contribution in [0.2, 0.25) is 0 Å². The molecule has 1 saturated heterocycles. The van der Waals surface area contributed by atoms with E-state index in [0.717, 1.165) is 10.2 Å². The highest BCUT2D eigenvalue weighted by molar-refractivity contribution is 5.76. The van der Waals surface area contributed by atoms with E-state index in [-0.39, 0.29) is 30.6 Å². The van der Waals surface area contributed by atoms with Crippen molar-refractivity contribution in [2.75, 3.05) is 13.1 Å². The highest BCUT2D eigenvalue weighted by atomic mass is 16.5. The number of ether oxygens (including phenoxy) is 1. The first-order valence-electron chi connectivity index (χ1n) is 9.21. The van der Waals surface area contributed by atoms with Gasteiger partial charge in [-0.3, -0.25) is 4.79 Å². The molecule has 2 heterocycles. The second-order valence-electron chi connectivity index (χ2n) is 6.84. The van der Waals surface area contributed by atoms with E-state index in [0.29, 0.717) is 18.7 Å². The summed E-state index contributed by atoms with van der Waals surface area (Å²) in [6.45, 7) is 2.68. The highest BCUT2D eigenvalue weighted by Crippen LogP contribution is 2.25. The van der Waals surface area contributed by atoms with Crippen molar-refractivity contribution in [3.8, 4) is 11.5 Å². The second kappa shape index (κ2) is 7.82. The lowest BCUT2D eigenvalue weighted by Crippen LogP contribution is -2.47. The van der Waals surface area contributed by atoms with Gasteiger partial charge in [-0.25, -0.2) is 4.79 Å². The van der Waals surface area contributed by atoms with E-state index in [9.17, 15) is 9.59 Å². The van der Waals surface area contributed by atoms with Crippen LogP contribution in [0.3, 0.4) is 0 Å². The molecule has 1 aromatic heterocycles. The number of nitrogens with zero attached hydrogens (tertiary/aromatic N) is 3. The first-order chi connectivity index (χ1) is 13.6. The molecule has 0 N–H and O–H groups in total. The van der Waals surface area contributed by atoms with Crippen LogP contribution in [-0.2, 0) is 16.1 Å². The second-order valence-corrected chi connectivity index (χ2v) is 6.84. The lowest BCUT2D eigenvalue weighted by atomic mass is 10.1. The first-order valence-corrected chi connectivity index (χ1v) is 9.21. The molecule has 0 bridgehead atoms. The Balaban J connectivity index is 1.49. The molecule has 28 heavy (non-hydrogen) atoms. The van der Waals surface area contributed by atoms with Crippen LogP contribution in [0.4, 0.5) is 0 Å². The maximum atomic E-state index is 12.8. The SMILES string of the molecule is C[C@H]1CN(C(=O)Cn2nc(-c3ccccc3)oc2=O)C[C@@H](c2ccccc2)O1. The van der Waals surface area contributed by atoms with Gasteiger partial charge in [0.25, 0.3) is 0 Å². The number of benzene rings is 2. The standard InChI is InChI=1S/C21H21N3O4/c1-15-12-23(13-18(27-15)16-8-4-2-5-9-16)19(25)14-24-21(26)28-20(22-24)17-10-6-3-7-11-17/h2-11,15,18H,12-14H2,1H3/t15-,18-/m0/s1. The number of morpholine rings is 1. The van der Waals surface area contributed by atoms with Gasteiger partial charge < -0.3 is 14.1 Å². The number of carbonyl (C=O) groups excluding carboxylic acids is 1. The highest BCUT2D eigenvalue weighted by Gasteiger charge is 2.30. The Hall–Kier alpha value is -3.19. The van der Waals surface area contributed by atoms with Gasteiger partial charge in [-0.15, -0.1) is 5.10 Å². The number of aromatic nitrogens is 2. The van der Waals surface area contributed by atoms with Crippen LogP contribution in [-0.4, -0.2) is 39.8 Å². The number of hydrogen-bond acceptors (Lipinski definition) is 5. The third-order valence-corrected chi connectivity index (χ3v) is 4.70. The van der Waals surface area contributed by atoms with E-state index in [4.69, 9.17) is 9.15 Å². The molecule has 1 aliphatic rings. The maximum Gasteiger partial charge on any atom is 0.437 e. The number of hydrogen-bond donors (Lipinski definition) is 0. The summed E-state index contributed by atoms with van der Waals surface area (Å²) in [4.78, 5) is 26.7. The normalized spacial score (nSPS) is 19.5. The third-order valence-electron chi connectivity index (χ3n) is 4.70. The minimum atomic E-state index is -0.645. The molecule has 0 aliphatic carbocycles. The van der Waals surface area contributed by atoms with Crippen LogP contribution in [0.15, 0.2) is 69.9 Å². The van der Waals surface area contributed by atoms with Crippen LogP contribution < -0.4 is 5.76 Å². The topological polar surface area (TPSA) is 77.6 Å². The molecule has 0 radical (unpaired) electrons. The van der Waals surface area contributed by atoms with Crippen molar-refractivity contribution in [2.45, 2.75) is 25.7 Å². The van der Waals surface area contributed by atoms with Gasteiger partial charge in [0.15, 0.2) is 0 Å². The first kappa shape index (κ1) is 18.2. The lowest BCUT2D eigenvalue weighted by Gasteiger charge is -2.37. The zero-order chi connectivity index (χ0) is 19.5. The van der Waals surface area contributed by atoms with Crippen LogP contribution >= 0.6 is 0 Å². The van der Waals surface area contributed by atoms with Gasteiger partial charge in [0.2, 0.25) is 11.8 Å². The molecular weight excluding hydrogens is 358 g/mol. The van der Waals surface area contributed by atoms with E-state index in [1.54, 1.807) is 17.0 Å². The smallest absolute Gasteiger partial charge is 0.388 e. The van der Waals surface area contributed by atoms with Crippen molar-refractivity contribution in [1.29, 1.82) is 0 Å². The van der Waals surface area contributed by atoms with Gasteiger partial charge in [0.1, 0.15) is 12.6 Å². The summed E-state index contributed by atoms with van der Waals surface area (Å²) in [7, 11) is 0. The molecule has 1 fully saturated rings. The Morgan fingerprint density at radius 2 is 1.75 bits per heavy atom. The van der Waals surface area contributed by atoms with Crippen molar-refractivity contribution in [3.63, 3.8) is 0 Å². The Bertz CT molecular complexity index is 997. The molecule has 0 spiro atoms.